The molecule has 0 saturated heterocycles. The molecule has 0 aromatic carbocycles. The van der Waals surface area contributed by atoms with Gasteiger partial charge in [-0.25, -0.2) is 0 Å². The van der Waals surface area contributed by atoms with Crippen LogP contribution < -0.4 is 0 Å². The monoisotopic (exact) mass is 178 g/mol. The topological polar surface area (TPSA) is 20.2 Å². The van der Waals surface area contributed by atoms with Crippen LogP contribution in [0.1, 0.15) is 20.8 Å². The summed E-state index contributed by atoms with van der Waals surface area (Å²) < 4.78 is 0. The van der Waals surface area contributed by atoms with Gasteiger partial charge in [0.1, 0.15) is 0 Å². The van der Waals surface area contributed by atoms with Crippen molar-refractivity contribution in [3.63, 3.8) is 0 Å². The van der Waals surface area contributed by atoms with Crippen molar-refractivity contribution in [2.75, 3.05) is 0 Å². The molecule has 0 spiro atoms. The van der Waals surface area contributed by atoms with Gasteiger partial charge >= 0.3 is 0 Å². The molecule has 0 aromatic heterocycles. The maximum atomic E-state index is 8.25. The third-order valence-electron chi connectivity index (χ3n) is 0.471. The average molecular weight is 178 g/mol. The predicted molar refractivity (Wildman–Crippen MR) is 28.4 cm³/mol. The molecule has 0 aliphatic carbocycles. The van der Waals surface area contributed by atoms with Crippen molar-refractivity contribution in [2.24, 2.45) is 0 Å². The third kappa shape index (κ3) is 19.3. The first-order valence-electron chi connectivity index (χ1n) is 1.78. The fraction of sp³-hybridized carbons (Fsp3) is 0.800. The van der Waals surface area contributed by atoms with Crippen molar-refractivity contribution in [2.45, 2.75) is 26.9 Å². The number of hydrogen-bond acceptors (Lipinski definition) is 1. The van der Waals surface area contributed by atoms with E-state index in [1.807, 2.05) is 6.92 Å². The molecule has 7 heavy (non-hydrogen) atoms. The van der Waals surface area contributed by atoms with Gasteiger partial charge < -0.3 is 12.0 Å². The third-order valence-corrected chi connectivity index (χ3v) is 0.471. The number of hydrogen-bond donors (Lipinski definition) is 1. The van der Waals surface area contributed by atoms with Crippen molar-refractivity contribution >= 4 is 0 Å². The maximum Gasteiger partial charge on any atom is 0 e. The second-order valence-electron chi connectivity index (χ2n) is 1.06. The van der Waals surface area contributed by atoms with Crippen molar-refractivity contribution < 1.29 is 37.8 Å². The minimum atomic E-state index is -0.366. The Labute approximate surface area is 71.4 Å². The Morgan fingerprint density at radius 1 is 1.71 bits per heavy atom. The van der Waals surface area contributed by atoms with Crippen LogP contribution in [0.3, 0.4) is 0 Å². The smallest absolute Gasteiger partial charge is 0 e. The van der Waals surface area contributed by atoms with Gasteiger partial charge in [0.05, 0.1) is 0 Å². The van der Waals surface area contributed by atoms with Crippen molar-refractivity contribution in [1.29, 1.82) is 0 Å². The van der Waals surface area contributed by atoms with Crippen LogP contribution in [0.4, 0.5) is 0 Å². The van der Waals surface area contributed by atoms with Gasteiger partial charge in [-0.15, -0.1) is 0 Å². The van der Waals surface area contributed by atoms with Crippen LogP contribution in [0.25, 0.3) is 0 Å². The Hall–Kier alpha value is 1.06. The first kappa shape index (κ1) is 15.7. The second kappa shape index (κ2) is 10.1. The van der Waals surface area contributed by atoms with Gasteiger partial charge in [-0.3, -0.25) is 0 Å². The van der Waals surface area contributed by atoms with Crippen LogP contribution in [0.5, 0.6) is 0 Å². The van der Waals surface area contributed by atoms with E-state index in [4.69, 9.17) is 5.11 Å². The van der Waals surface area contributed by atoms with E-state index >= 15 is 0 Å². The molecule has 43 valence electrons. The minimum Gasteiger partial charge on any atom is -0.425 e. The summed E-state index contributed by atoms with van der Waals surface area (Å²) in [6.45, 7) is 5.20. The number of rotatable bonds is 1. The van der Waals surface area contributed by atoms with E-state index in [2.05, 4.69) is 6.92 Å². The Morgan fingerprint density at radius 2 is 1.86 bits per heavy atom. The summed E-state index contributed by atoms with van der Waals surface area (Å²) in [6, 6.07) is 0. The first-order chi connectivity index (χ1) is 2.27. The normalized spacial score (nSPS) is 10.7. The zero-order valence-corrected chi connectivity index (χ0v) is 6.85. The van der Waals surface area contributed by atoms with Gasteiger partial charge in [0, 0.05) is 32.7 Å². The second-order valence-corrected chi connectivity index (χ2v) is 1.06. The maximum absolute atomic E-state index is 8.25. The fourth-order valence-corrected chi connectivity index (χ4v) is 0. The molecule has 0 aliphatic rings. The Morgan fingerprint density at radius 3 is 1.86 bits per heavy atom. The summed E-state index contributed by atoms with van der Waals surface area (Å²) in [5.41, 5.74) is 0. The predicted octanol–water partition coefficient (Wildman–Crippen LogP) is 1.22. The average Bonchev–Trinajstić information content (AvgIpc) is 1.38. The molecule has 0 amide bonds. The summed E-state index contributed by atoms with van der Waals surface area (Å²) >= 11 is 0. The largest absolute Gasteiger partial charge is 0.425 e. The Balaban J connectivity index is -0.0000000800. The molecule has 0 heterocycles. The van der Waals surface area contributed by atoms with E-state index in [-0.39, 0.29) is 46.2 Å². The molecular formula is C5H13OY-. The van der Waals surface area contributed by atoms with Crippen LogP contribution in [0.2, 0.25) is 0 Å². The molecule has 1 unspecified atom stereocenters. The summed E-state index contributed by atoms with van der Waals surface area (Å²) in [5, 5.41) is 8.25. The zero-order chi connectivity index (χ0) is 4.28. The molecule has 1 nitrogen and oxygen atoms in total. The molecule has 0 aliphatic heterocycles. The van der Waals surface area contributed by atoms with E-state index in [9.17, 15) is 0 Å². The zero-order valence-electron chi connectivity index (χ0n) is 4.02. The van der Waals surface area contributed by atoms with Crippen LogP contribution in [-0.2, 0) is 32.7 Å². The summed E-state index contributed by atoms with van der Waals surface area (Å²) in [6.07, 6.45) is 0.384. The fourth-order valence-electron chi connectivity index (χ4n) is 0. The van der Waals surface area contributed by atoms with Gasteiger partial charge in [0.15, 0.2) is 0 Å². The molecule has 1 N–H and O–H groups in total. The van der Waals surface area contributed by atoms with Gasteiger partial charge in [-0.1, -0.05) is 26.9 Å². The molecule has 0 saturated carbocycles. The standard InChI is InChI=1S/C4H9O.CH4.Y/c1-3-4(2)5;;/h4-5H,2-3H2,1H3;1H4;/q-1;;. The van der Waals surface area contributed by atoms with Crippen LogP contribution in [0, 0.1) is 6.92 Å². The SMILES string of the molecule is C.[CH2-]C(O)CC.[Y]. The van der Waals surface area contributed by atoms with Gasteiger partial charge in [0.2, 0.25) is 0 Å². The molecule has 0 rings (SSSR count). The van der Waals surface area contributed by atoms with E-state index in [1.165, 1.54) is 0 Å². The number of aliphatic hydroxyl groups is 1. The van der Waals surface area contributed by atoms with Crippen molar-refractivity contribution in [3.05, 3.63) is 6.92 Å². The van der Waals surface area contributed by atoms with Crippen LogP contribution in [-0.4, -0.2) is 11.2 Å². The summed E-state index contributed by atoms with van der Waals surface area (Å²) in [7, 11) is 0. The van der Waals surface area contributed by atoms with Gasteiger partial charge in [0.25, 0.3) is 0 Å². The first-order valence-corrected chi connectivity index (χ1v) is 1.78. The molecule has 0 aromatic rings. The molecule has 1 radical (unpaired) electrons. The molecule has 2 heteroatoms. The van der Waals surface area contributed by atoms with Crippen LogP contribution >= 0.6 is 0 Å². The van der Waals surface area contributed by atoms with Gasteiger partial charge in [-0.2, -0.15) is 0 Å². The van der Waals surface area contributed by atoms with Crippen molar-refractivity contribution in [3.8, 4) is 0 Å². The Kier molecular flexibility index (Phi) is 22.7. The minimum absolute atomic E-state index is 0. The van der Waals surface area contributed by atoms with E-state index in [1.54, 1.807) is 0 Å². The molecule has 0 fully saturated rings. The molecular weight excluding hydrogens is 165 g/mol. The van der Waals surface area contributed by atoms with E-state index in [0.29, 0.717) is 0 Å². The van der Waals surface area contributed by atoms with Crippen LogP contribution in [0.15, 0.2) is 0 Å². The Bertz CT molecular complexity index is 22.0. The van der Waals surface area contributed by atoms with E-state index < -0.39 is 0 Å². The quantitative estimate of drug-likeness (QED) is 0.598. The number of aliphatic hydroxyl groups excluding tert-OH is 1. The van der Waals surface area contributed by atoms with Crippen molar-refractivity contribution in [1.82, 2.24) is 0 Å². The molecule has 0 bridgehead atoms. The summed E-state index contributed by atoms with van der Waals surface area (Å²) in [5.74, 6) is 0. The molecule has 1 atom stereocenters. The van der Waals surface area contributed by atoms with E-state index in [0.717, 1.165) is 6.42 Å². The summed E-state index contributed by atoms with van der Waals surface area (Å²) in [4.78, 5) is 0. The van der Waals surface area contributed by atoms with Gasteiger partial charge in [-0.05, 0) is 0 Å².